The Labute approximate surface area is 94.4 Å². The van der Waals surface area contributed by atoms with Crippen LogP contribution in [-0.2, 0) is 6.54 Å². The van der Waals surface area contributed by atoms with Gasteiger partial charge in [0, 0.05) is 24.0 Å². The number of benzene rings is 1. The number of hydrogen-bond acceptors (Lipinski definition) is 3. The monoisotopic (exact) mass is 209 g/mol. The van der Waals surface area contributed by atoms with E-state index in [9.17, 15) is 0 Å². The highest BCUT2D eigenvalue weighted by Gasteiger charge is 2.01. The molecule has 2 rings (SSSR count). The molecule has 1 aromatic heterocycles. The normalized spacial score (nSPS) is 9.44. The van der Waals surface area contributed by atoms with Crippen LogP contribution in [0.3, 0.4) is 0 Å². The summed E-state index contributed by atoms with van der Waals surface area (Å²) < 4.78 is 0. The van der Waals surface area contributed by atoms with Crippen LogP contribution in [0.1, 0.15) is 11.3 Å². The lowest BCUT2D eigenvalue weighted by molar-refractivity contribution is 1.09. The van der Waals surface area contributed by atoms with Gasteiger partial charge in [-0.15, -0.1) is 0 Å². The highest BCUT2D eigenvalue weighted by atomic mass is 14.9. The minimum atomic E-state index is 0.478. The van der Waals surface area contributed by atoms with Crippen LogP contribution in [0.2, 0.25) is 0 Å². The number of hydrogen-bond donors (Lipinski definition) is 1. The number of para-hydroxylation sites is 1. The predicted molar refractivity (Wildman–Crippen MR) is 62.7 cm³/mol. The average molecular weight is 209 g/mol. The van der Waals surface area contributed by atoms with E-state index in [0.29, 0.717) is 12.2 Å². The topological polar surface area (TPSA) is 48.7 Å². The molecule has 3 nitrogen and oxygen atoms in total. The zero-order valence-corrected chi connectivity index (χ0v) is 8.72. The predicted octanol–water partition coefficient (Wildman–Crippen LogP) is 2.57. The largest absolute Gasteiger partial charge is 0.381 e. The molecule has 0 spiro atoms. The number of anilines is 1. The van der Waals surface area contributed by atoms with Crippen LogP contribution in [0.15, 0.2) is 48.7 Å². The van der Waals surface area contributed by atoms with Gasteiger partial charge in [-0.3, -0.25) is 0 Å². The smallest absolute Gasteiger partial charge is 0.145 e. The maximum atomic E-state index is 8.88. The van der Waals surface area contributed by atoms with Crippen molar-refractivity contribution in [1.82, 2.24) is 4.98 Å². The molecular formula is C13H11N3. The summed E-state index contributed by atoms with van der Waals surface area (Å²) in [6, 6.07) is 15.7. The maximum absolute atomic E-state index is 8.88. The molecule has 0 radical (unpaired) electrons. The Bertz CT molecular complexity index is 500. The van der Waals surface area contributed by atoms with Crippen molar-refractivity contribution < 1.29 is 0 Å². The first-order valence-corrected chi connectivity index (χ1v) is 5.03. The first-order chi connectivity index (χ1) is 7.90. The van der Waals surface area contributed by atoms with E-state index in [1.165, 1.54) is 0 Å². The Balaban J connectivity index is 2.09. The SMILES string of the molecule is N#Cc1ncccc1CNc1ccccc1. The Morgan fingerprint density at radius 3 is 2.69 bits per heavy atom. The third-order valence-corrected chi connectivity index (χ3v) is 2.25. The number of nitrogens with one attached hydrogen (secondary N) is 1. The molecule has 0 saturated heterocycles. The summed E-state index contributed by atoms with van der Waals surface area (Å²) in [6.45, 7) is 0.612. The van der Waals surface area contributed by atoms with E-state index in [0.717, 1.165) is 11.3 Å². The number of pyridine rings is 1. The highest BCUT2D eigenvalue weighted by Crippen LogP contribution is 2.09. The number of nitriles is 1. The molecule has 0 aliphatic heterocycles. The Morgan fingerprint density at radius 1 is 1.12 bits per heavy atom. The van der Waals surface area contributed by atoms with Gasteiger partial charge >= 0.3 is 0 Å². The molecule has 1 aromatic carbocycles. The summed E-state index contributed by atoms with van der Waals surface area (Å²) in [5.41, 5.74) is 2.43. The van der Waals surface area contributed by atoms with E-state index < -0.39 is 0 Å². The number of nitrogens with zero attached hydrogens (tertiary/aromatic N) is 2. The zero-order chi connectivity index (χ0) is 11.2. The molecule has 1 N–H and O–H groups in total. The van der Waals surface area contributed by atoms with Crippen molar-refractivity contribution in [2.75, 3.05) is 5.32 Å². The van der Waals surface area contributed by atoms with E-state index in [-0.39, 0.29) is 0 Å². The molecule has 0 saturated carbocycles. The van der Waals surface area contributed by atoms with Crippen LogP contribution in [0.5, 0.6) is 0 Å². The van der Waals surface area contributed by atoms with Gasteiger partial charge in [-0.05, 0) is 18.2 Å². The van der Waals surface area contributed by atoms with Crippen molar-refractivity contribution in [2.24, 2.45) is 0 Å². The quantitative estimate of drug-likeness (QED) is 0.845. The third-order valence-electron chi connectivity index (χ3n) is 2.25. The number of aromatic nitrogens is 1. The van der Waals surface area contributed by atoms with Gasteiger partial charge in [0.25, 0.3) is 0 Å². The minimum absolute atomic E-state index is 0.478. The van der Waals surface area contributed by atoms with E-state index in [4.69, 9.17) is 5.26 Å². The second-order valence-electron chi connectivity index (χ2n) is 3.34. The summed E-state index contributed by atoms with van der Waals surface area (Å²) in [6.07, 6.45) is 1.63. The lowest BCUT2D eigenvalue weighted by atomic mass is 10.2. The van der Waals surface area contributed by atoms with Crippen molar-refractivity contribution >= 4 is 5.69 Å². The van der Waals surface area contributed by atoms with Crippen molar-refractivity contribution in [2.45, 2.75) is 6.54 Å². The van der Waals surface area contributed by atoms with E-state index in [1.807, 2.05) is 42.5 Å². The fourth-order valence-corrected chi connectivity index (χ4v) is 1.44. The van der Waals surface area contributed by atoms with Gasteiger partial charge in [0.15, 0.2) is 0 Å². The second-order valence-corrected chi connectivity index (χ2v) is 3.34. The average Bonchev–Trinajstić information content (AvgIpc) is 2.38. The Hall–Kier alpha value is -2.34. The second kappa shape index (κ2) is 4.94. The number of rotatable bonds is 3. The molecule has 16 heavy (non-hydrogen) atoms. The molecule has 0 atom stereocenters. The molecule has 2 aromatic rings. The first-order valence-electron chi connectivity index (χ1n) is 5.03. The minimum Gasteiger partial charge on any atom is -0.381 e. The van der Waals surface area contributed by atoms with Crippen molar-refractivity contribution in [1.29, 1.82) is 5.26 Å². The lowest BCUT2D eigenvalue weighted by Crippen LogP contribution is -2.02. The van der Waals surface area contributed by atoms with E-state index in [2.05, 4.69) is 16.4 Å². The molecule has 1 heterocycles. The fourth-order valence-electron chi connectivity index (χ4n) is 1.44. The molecule has 0 amide bonds. The van der Waals surface area contributed by atoms with E-state index >= 15 is 0 Å². The molecule has 0 aliphatic carbocycles. The Kier molecular flexibility index (Phi) is 3.15. The zero-order valence-electron chi connectivity index (χ0n) is 8.72. The van der Waals surface area contributed by atoms with Crippen molar-refractivity contribution in [3.63, 3.8) is 0 Å². The Morgan fingerprint density at radius 2 is 1.94 bits per heavy atom. The third kappa shape index (κ3) is 2.37. The fraction of sp³-hybridized carbons (Fsp3) is 0.0769. The van der Waals surface area contributed by atoms with Gasteiger partial charge in [0.05, 0.1) is 0 Å². The van der Waals surface area contributed by atoms with Crippen LogP contribution < -0.4 is 5.32 Å². The van der Waals surface area contributed by atoms with Gasteiger partial charge < -0.3 is 5.32 Å². The summed E-state index contributed by atoms with van der Waals surface area (Å²) in [7, 11) is 0. The molecule has 78 valence electrons. The summed E-state index contributed by atoms with van der Waals surface area (Å²) in [5, 5.41) is 12.1. The molecule has 0 bridgehead atoms. The maximum Gasteiger partial charge on any atom is 0.145 e. The van der Waals surface area contributed by atoms with Gasteiger partial charge in [-0.25, -0.2) is 4.98 Å². The van der Waals surface area contributed by atoms with Crippen LogP contribution in [0, 0.1) is 11.3 Å². The molecule has 0 aliphatic rings. The van der Waals surface area contributed by atoms with Crippen LogP contribution in [-0.4, -0.2) is 4.98 Å². The molecule has 0 unspecified atom stereocenters. The van der Waals surface area contributed by atoms with Crippen molar-refractivity contribution in [3.05, 3.63) is 59.9 Å². The van der Waals surface area contributed by atoms with Gasteiger partial charge in [0.1, 0.15) is 11.8 Å². The summed E-state index contributed by atoms with van der Waals surface area (Å²) >= 11 is 0. The van der Waals surface area contributed by atoms with Crippen LogP contribution in [0.25, 0.3) is 0 Å². The highest BCUT2D eigenvalue weighted by molar-refractivity contribution is 5.44. The van der Waals surface area contributed by atoms with Crippen LogP contribution in [0.4, 0.5) is 5.69 Å². The summed E-state index contributed by atoms with van der Waals surface area (Å²) in [5.74, 6) is 0. The van der Waals surface area contributed by atoms with Crippen molar-refractivity contribution in [3.8, 4) is 6.07 Å². The lowest BCUT2D eigenvalue weighted by Gasteiger charge is -2.06. The molecule has 3 heteroatoms. The molecular weight excluding hydrogens is 198 g/mol. The van der Waals surface area contributed by atoms with Gasteiger partial charge in [0.2, 0.25) is 0 Å². The standard InChI is InChI=1S/C13H11N3/c14-9-13-11(5-4-8-15-13)10-16-12-6-2-1-3-7-12/h1-8,16H,10H2. The van der Waals surface area contributed by atoms with Crippen LogP contribution >= 0.6 is 0 Å². The van der Waals surface area contributed by atoms with Gasteiger partial charge in [-0.1, -0.05) is 24.3 Å². The van der Waals surface area contributed by atoms with Gasteiger partial charge in [-0.2, -0.15) is 5.26 Å². The molecule has 0 fully saturated rings. The summed E-state index contributed by atoms with van der Waals surface area (Å²) in [4.78, 5) is 4.01. The van der Waals surface area contributed by atoms with E-state index in [1.54, 1.807) is 6.20 Å². The first kappa shape index (κ1) is 10.2.